The molecule has 0 aliphatic carbocycles. The summed E-state index contributed by atoms with van der Waals surface area (Å²) in [5.74, 6) is 1.31. The molecule has 0 bridgehead atoms. The minimum Gasteiger partial charge on any atom is -0.340 e. The molecule has 2 aromatic carbocycles. The number of nitrogens with zero attached hydrogens (tertiary/aromatic N) is 2. The molecule has 0 fully saturated rings. The highest BCUT2D eigenvalue weighted by molar-refractivity contribution is 5.88. The second-order valence-electron chi connectivity index (χ2n) is 6.06. The largest absolute Gasteiger partial charge is 0.340 e. The van der Waals surface area contributed by atoms with Gasteiger partial charge in [-0.3, -0.25) is 4.79 Å². The summed E-state index contributed by atoms with van der Waals surface area (Å²) in [6, 6.07) is 15.4. The van der Waals surface area contributed by atoms with Crippen molar-refractivity contribution >= 4 is 34.6 Å². The molecule has 0 spiro atoms. The number of hydrogen-bond acceptors (Lipinski definition) is 5. The number of amides is 1. The van der Waals surface area contributed by atoms with Crippen LogP contribution in [0.25, 0.3) is 0 Å². The summed E-state index contributed by atoms with van der Waals surface area (Å²) in [7, 11) is 0. The minimum atomic E-state index is -0.0938. The average molecular weight is 347 g/mol. The standard InChI is InChI=1S/C20H21N5O/c1-13-5-4-6-14(2)20(13)25-19-11-18(21-12-22-19)24-17-9-7-16(8-10-17)23-15(3)26/h4-12H,1-3H3,(H,23,26)(H2,21,22,24,25). The van der Waals surface area contributed by atoms with Gasteiger partial charge in [0, 0.05) is 30.1 Å². The van der Waals surface area contributed by atoms with Gasteiger partial charge in [0.2, 0.25) is 5.91 Å². The summed E-state index contributed by atoms with van der Waals surface area (Å²) in [4.78, 5) is 19.6. The van der Waals surface area contributed by atoms with Gasteiger partial charge in [-0.25, -0.2) is 9.97 Å². The number of aryl methyl sites for hydroxylation is 2. The quantitative estimate of drug-likeness (QED) is 0.631. The van der Waals surface area contributed by atoms with Crippen LogP contribution in [-0.2, 0) is 4.79 Å². The van der Waals surface area contributed by atoms with Gasteiger partial charge in [-0.15, -0.1) is 0 Å². The fraction of sp³-hybridized carbons (Fsp3) is 0.150. The number of rotatable bonds is 5. The molecule has 26 heavy (non-hydrogen) atoms. The molecule has 0 unspecified atom stereocenters. The molecule has 132 valence electrons. The second-order valence-corrected chi connectivity index (χ2v) is 6.06. The van der Waals surface area contributed by atoms with E-state index < -0.39 is 0 Å². The first-order chi connectivity index (χ1) is 12.5. The Hall–Kier alpha value is -3.41. The Morgan fingerprint density at radius 1 is 0.846 bits per heavy atom. The second kappa shape index (κ2) is 7.65. The Morgan fingerprint density at radius 2 is 1.42 bits per heavy atom. The predicted molar refractivity (Wildman–Crippen MR) is 105 cm³/mol. The molecule has 0 atom stereocenters. The number of anilines is 5. The molecule has 3 rings (SSSR count). The van der Waals surface area contributed by atoms with Crippen molar-refractivity contribution in [3.63, 3.8) is 0 Å². The summed E-state index contributed by atoms with van der Waals surface area (Å²) in [5, 5.41) is 9.34. The van der Waals surface area contributed by atoms with E-state index in [9.17, 15) is 4.79 Å². The van der Waals surface area contributed by atoms with Crippen LogP contribution in [0.2, 0.25) is 0 Å². The van der Waals surface area contributed by atoms with Crippen LogP contribution in [0.1, 0.15) is 18.1 Å². The van der Waals surface area contributed by atoms with Crippen molar-refractivity contribution in [2.45, 2.75) is 20.8 Å². The maximum Gasteiger partial charge on any atom is 0.221 e. The van der Waals surface area contributed by atoms with Gasteiger partial charge in [0.05, 0.1) is 0 Å². The number of aromatic nitrogens is 2. The van der Waals surface area contributed by atoms with Crippen molar-refractivity contribution in [2.75, 3.05) is 16.0 Å². The van der Waals surface area contributed by atoms with Gasteiger partial charge in [0.1, 0.15) is 18.0 Å². The summed E-state index contributed by atoms with van der Waals surface area (Å²) in [5.41, 5.74) is 4.99. The molecular formula is C20H21N5O. The van der Waals surface area contributed by atoms with E-state index in [4.69, 9.17) is 0 Å². The molecule has 6 heteroatoms. The Kier molecular flexibility index (Phi) is 5.12. The van der Waals surface area contributed by atoms with Crippen LogP contribution in [0.4, 0.5) is 28.7 Å². The third kappa shape index (κ3) is 4.36. The molecule has 3 N–H and O–H groups in total. The van der Waals surface area contributed by atoms with Crippen LogP contribution < -0.4 is 16.0 Å². The molecule has 6 nitrogen and oxygen atoms in total. The summed E-state index contributed by atoms with van der Waals surface area (Å²) in [6.45, 7) is 5.61. The monoisotopic (exact) mass is 347 g/mol. The molecule has 0 aliphatic heterocycles. The molecule has 1 heterocycles. The van der Waals surface area contributed by atoms with E-state index in [-0.39, 0.29) is 5.91 Å². The van der Waals surface area contributed by atoms with Crippen LogP contribution in [0, 0.1) is 13.8 Å². The highest BCUT2D eigenvalue weighted by atomic mass is 16.1. The van der Waals surface area contributed by atoms with Gasteiger partial charge in [-0.1, -0.05) is 18.2 Å². The first-order valence-electron chi connectivity index (χ1n) is 8.31. The zero-order valence-electron chi connectivity index (χ0n) is 15.0. The average Bonchev–Trinajstić information content (AvgIpc) is 2.60. The molecule has 1 amide bonds. The SMILES string of the molecule is CC(=O)Nc1ccc(Nc2cc(Nc3c(C)cccc3C)ncn2)cc1. The van der Waals surface area contributed by atoms with Crippen LogP contribution in [0.5, 0.6) is 0 Å². The number of carbonyl (C=O) groups is 1. The molecule has 1 aromatic heterocycles. The number of para-hydroxylation sites is 1. The maximum atomic E-state index is 11.1. The van der Waals surface area contributed by atoms with Crippen LogP contribution in [0.3, 0.4) is 0 Å². The van der Waals surface area contributed by atoms with E-state index >= 15 is 0 Å². The molecule has 0 saturated heterocycles. The fourth-order valence-corrected chi connectivity index (χ4v) is 2.62. The molecule has 3 aromatic rings. The van der Waals surface area contributed by atoms with Crippen molar-refractivity contribution in [2.24, 2.45) is 0 Å². The van der Waals surface area contributed by atoms with E-state index in [1.165, 1.54) is 13.3 Å². The topological polar surface area (TPSA) is 78.9 Å². The Morgan fingerprint density at radius 3 is 2.04 bits per heavy atom. The smallest absolute Gasteiger partial charge is 0.221 e. The lowest BCUT2D eigenvalue weighted by Gasteiger charge is -2.13. The fourth-order valence-electron chi connectivity index (χ4n) is 2.62. The molecule has 0 aliphatic rings. The van der Waals surface area contributed by atoms with Crippen molar-refractivity contribution in [1.82, 2.24) is 9.97 Å². The summed E-state index contributed by atoms with van der Waals surface area (Å²) < 4.78 is 0. The maximum absolute atomic E-state index is 11.1. The lowest BCUT2D eigenvalue weighted by atomic mass is 10.1. The Labute approximate surface area is 152 Å². The number of hydrogen-bond donors (Lipinski definition) is 3. The third-order valence-corrected chi connectivity index (χ3v) is 3.88. The first-order valence-corrected chi connectivity index (χ1v) is 8.31. The van der Waals surface area contributed by atoms with Gasteiger partial charge in [-0.05, 0) is 49.2 Å². The van der Waals surface area contributed by atoms with Crippen LogP contribution >= 0.6 is 0 Å². The van der Waals surface area contributed by atoms with Crippen molar-refractivity contribution in [1.29, 1.82) is 0 Å². The van der Waals surface area contributed by atoms with Gasteiger partial charge in [0.25, 0.3) is 0 Å². The van der Waals surface area contributed by atoms with E-state index in [0.29, 0.717) is 5.82 Å². The van der Waals surface area contributed by atoms with Crippen molar-refractivity contribution in [3.8, 4) is 0 Å². The number of nitrogens with one attached hydrogen (secondary N) is 3. The highest BCUT2D eigenvalue weighted by Gasteiger charge is 2.05. The zero-order chi connectivity index (χ0) is 18.5. The van der Waals surface area contributed by atoms with E-state index in [2.05, 4.69) is 51.9 Å². The third-order valence-electron chi connectivity index (χ3n) is 3.88. The molecule has 0 radical (unpaired) electrons. The van der Waals surface area contributed by atoms with E-state index in [1.54, 1.807) is 0 Å². The molecular weight excluding hydrogens is 326 g/mol. The highest BCUT2D eigenvalue weighted by Crippen LogP contribution is 2.25. The summed E-state index contributed by atoms with van der Waals surface area (Å²) >= 11 is 0. The number of carbonyl (C=O) groups excluding carboxylic acids is 1. The zero-order valence-corrected chi connectivity index (χ0v) is 15.0. The first kappa shape index (κ1) is 17.4. The van der Waals surface area contributed by atoms with Gasteiger partial charge in [0.15, 0.2) is 0 Å². The predicted octanol–water partition coefficient (Wildman–Crippen LogP) is 4.54. The Balaban J connectivity index is 1.74. The van der Waals surface area contributed by atoms with Gasteiger partial charge >= 0.3 is 0 Å². The van der Waals surface area contributed by atoms with Gasteiger partial charge < -0.3 is 16.0 Å². The normalized spacial score (nSPS) is 10.3. The van der Waals surface area contributed by atoms with Crippen molar-refractivity contribution in [3.05, 3.63) is 66.0 Å². The van der Waals surface area contributed by atoms with Crippen molar-refractivity contribution < 1.29 is 4.79 Å². The van der Waals surface area contributed by atoms with Crippen LogP contribution in [0.15, 0.2) is 54.9 Å². The lowest BCUT2D eigenvalue weighted by Crippen LogP contribution is -2.05. The van der Waals surface area contributed by atoms with Gasteiger partial charge in [-0.2, -0.15) is 0 Å². The summed E-state index contributed by atoms with van der Waals surface area (Å²) in [6.07, 6.45) is 1.52. The van der Waals surface area contributed by atoms with E-state index in [0.717, 1.165) is 34.0 Å². The molecule has 0 saturated carbocycles. The minimum absolute atomic E-state index is 0.0938. The van der Waals surface area contributed by atoms with Crippen LogP contribution in [-0.4, -0.2) is 15.9 Å². The number of benzene rings is 2. The Bertz CT molecular complexity index is 901. The van der Waals surface area contributed by atoms with E-state index in [1.807, 2.05) is 36.4 Å². The lowest BCUT2D eigenvalue weighted by molar-refractivity contribution is -0.114.